The van der Waals surface area contributed by atoms with Crippen LogP contribution < -0.4 is 0 Å². The average molecular weight is 167 g/mol. The van der Waals surface area contributed by atoms with Gasteiger partial charge in [-0.15, -0.1) is 23.4 Å². The molecule has 0 saturated carbocycles. The Balaban J connectivity index is 3.27. The Labute approximate surface area is 65.2 Å². The summed E-state index contributed by atoms with van der Waals surface area (Å²) in [4.78, 5) is 10.6. The minimum absolute atomic E-state index is 0.115. The van der Waals surface area contributed by atoms with E-state index in [1.54, 1.807) is 18.7 Å². The predicted octanol–water partition coefficient (Wildman–Crippen LogP) is 1.94. The highest BCUT2D eigenvalue weighted by atomic mass is 35.5. The maximum atomic E-state index is 10.6. The van der Waals surface area contributed by atoms with Gasteiger partial charge in [0.2, 0.25) is 0 Å². The molecule has 0 bridgehead atoms. The van der Waals surface area contributed by atoms with Gasteiger partial charge in [0.15, 0.2) is 0 Å². The first-order chi connectivity index (χ1) is 4.18. The van der Waals surface area contributed by atoms with Gasteiger partial charge in [0, 0.05) is 11.6 Å². The molecule has 0 aliphatic carbocycles. The minimum atomic E-state index is 0.115. The second-order valence-electron chi connectivity index (χ2n) is 1.81. The van der Waals surface area contributed by atoms with Crippen molar-refractivity contribution in [2.75, 3.05) is 11.6 Å². The molecule has 1 nitrogen and oxygen atoms in total. The summed E-state index contributed by atoms with van der Waals surface area (Å²) in [6.07, 6.45) is 0. The van der Waals surface area contributed by atoms with Crippen LogP contribution in [-0.2, 0) is 4.79 Å². The van der Waals surface area contributed by atoms with Gasteiger partial charge in [0.05, 0.1) is 5.25 Å². The van der Waals surface area contributed by atoms with E-state index in [4.69, 9.17) is 11.6 Å². The Morgan fingerprint density at radius 3 is 2.67 bits per heavy atom. The molecule has 3 heteroatoms. The lowest BCUT2D eigenvalue weighted by molar-refractivity contribution is -0.116. The lowest BCUT2D eigenvalue weighted by atomic mass is 10.3. The Morgan fingerprint density at radius 2 is 2.33 bits per heavy atom. The van der Waals surface area contributed by atoms with Crippen molar-refractivity contribution < 1.29 is 4.79 Å². The second-order valence-corrected chi connectivity index (χ2v) is 3.64. The Bertz CT molecular complexity index is 95.1. The summed E-state index contributed by atoms with van der Waals surface area (Å²) in [5, 5.41) is 0.115. The van der Waals surface area contributed by atoms with Crippen molar-refractivity contribution in [3.63, 3.8) is 0 Å². The number of alkyl halides is 1. The molecule has 0 N–H and O–H groups in total. The first-order valence-electron chi connectivity index (χ1n) is 2.86. The number of hydrogen-bond acceptors (Lipinski definition) is 2. The van der Waals surface area contributed by atoms with E-state index < -0.39 is 0 Å². The highest BCUT2D eigenvalue weighted by Gasteiger charge is 2.05. The van der Waals surface area contributed by atoms with Crippen LogP contribution in [-0.4, -0.2) is 22.7 Å². The van der Waals surface area contributed by atoms with Crippen LogP contribution in [0.2, 0.25) is 0 Å². The van der Waals surface area contributed by atoms with Crippen molar-refractivity contribution in [3.05, 3.63) is 0 Å². The maximum Gasteiger partial charge on any atom is 0.142 e. The quantitative estimate of drug-likeness (QED) is 0.594. The van der Waals surface area contributed by atoms with Crippen molar-refractivity contribution in [2.24, 2.45) is 0 Å². The molecule has 1 unspecified atom stereocenters. The van der Waals surface area contributed by atoms with Gasteiger partial charge in [0.1, 0.15) is 5.78 Å². The highest BCUT2D eigenvalue weighted by molar-refractivity contribution is 8.00. The van der Waals surface area contributed by atoms with E-state index in [2.05, 4.69) is 0 Å². The first kappa shape index (κ1) is 9.31. The molecule has 0 rings (SSSR count). The summed E-state index contributed by atoms with van der Waals surface area (Å²) < 4.78 is 0. The number of thioether (sulfide) groups is 1. The van der Waals surface area contributed by atoms with Gasteiger partial charge in [0.25, 0.3) is 0 Å². The largest absolute Gasteiger partial charge is 0.299 e. The van der Waals surface area contributed by atoms with E-state index in [9.17, 15) is 4.79 Å². The summed E-state index contributed by atoms with van der Waals surface area (Å²) in [6.45, 7) is 3.51. The fourth-order valence-electron chi connectivity index (χ4n) is 0.339. The molecular formula is C6H11ClOS. The minimum Gasteiger partial charge on any atom is -0.299 e. The number of carbonyl (C=O) groups excluding carboxylic acids is 1. The molecule has 0 aromatic heterocycles. The third-order valence-corrected chi connectivity index (χ3v) is 2.70. The molecule has 0 radical (unpaired) electrons. The van der Waals surface area contributed by atoms with Crippen LogP contribution in [0.25, 0.3) is 0 Å². The Kier molecular flexibility index (Phi) is 5.30. The zero-order valence-corrected chi connectivity index (χ0v) is 7.26. The molecule has 0 saturated heterocycles. The molecular weight excluding hydrogens is 156 g/mol. The third kappa shape index (κ3) is 4.79. The van der Waals surface area contributed by atoms with Crippen LogP contribution in [0.4, 0.5) is 0 Å². The van der Waals surface area contributed by atoms with E-state index in [0.29, 0.717) is 5.88 Å². The normalized spacial score (nSPS) is 13.2. The smallest absolute Gasteiger partial charge is 0.142 e. The van der Waals surface area contributed by atoms with E-state index in [0.717, 1.165) is 5.75 Å². The van der Waals surface area contributed by atoms with Gasteiger partial charge in [-0.3, -0.25) is 4.79 Å². The van der Waals surface area contributed by atoms with Crippen LogP contribution >= 0.6 is 23.4 Å². The van der Waals surface area contributed by atoms with Crippen molar-refractivity contribution in [1.82, 2.24) is 0 Å². The zero-order valence-electron chi connectivity index (χ0n) is 5.69. The Morgan fingerprint density at radius 1 is 1.78 bits per heavy atom. The predicted molar refractivity (Wildman–Crippen MR) is 43.3 cm³/mol. The molecule has 0 aromatic rings. The number of ketones is 1. The lowest BCUT2D eigenvalue weighted by Crippen LogP contribution is -2.08. The summed E-state index contributed by atoms with van der Waals surface area (Å²) in [7, 11) is 0. The molecule has 9 heavy (non-hydrogen) atoms. The number of carbonyl (C=O) groups is 1. The summed E-state index contributed by atoms with van der Waals surface area (Å²) in [5.41, 5.74) is 0. The van der Waals surface area contributed by atoms with Crippen LogP contribution in [0.5, 0.6) is 0 Å². The molecule has 0 amide bonds. The molecule has 0 spiro atoms. The monoisotopic (exact) mass is 166 g/mol. The average Bonchev–Trinajstić information content (AvgIpc) is 1.82. The fraction of sp³-hybridized carbons (Fsp3) is 0.833. The summed E-state index contributed by atoms with van der Waals surface area (Å²) >= 11 is 7.02. The lowest BCUT2D eigenvalue weighted by Gasteiger charge is -2.03. The van der Waals surface area contributed by atoms with Crippen molar-refractivity contribution >= 4 is 29.1 Å². The van der Waals surface area contributed by atoms with Crippen LogP contribution in [0.3, 0.4) is 0 Å². The molecule has 0 fully saturated rings. The third-order valence-electron chi connectivity index (χ3n) is 1.02. The molecule has 0 aromatic carbocycles. The second kappa shape index (κ2) is 5.12. The maximum absolute atomic E-state index is 10.6. The van der Waals surface area contributed by atoms with Crippen molar-refractivity contribution in [2.45, 2.75) is 19.1 Å². The molecule has 0 aliphatic heterocycles. The van der Waals surface area contributed by atoms with E-state index in [1.165, 1.54) is 0 Å². The molecule has 54 valence electrons. The van der Waals surface area contributed by atoms with Crippen molar-refractivity contribution in [1.29, 1.82) is 0 Å². The SMILES string of the molecule is CC(=O)C(C)SCCCl. The number of Topliss-reactive ketones (excluding diaryl/α,β-unsaturated/α-hetero) is 1. The highest BCUT2D eigenvalue weighted by Crippen LogP contribution is 2.10. The number of hydrogen-bond donors (Lipinski definition) is 0. The van der Waals surface area contributed by atoms with Gasteiger partial charge in [-0.05, 0) is 13.8 Å². The fourth-order valence-corrected chi connectivity index (χ4v) is 1.28. The summed E-state index contributed by atoms with van der Waals surface area (Å²) in [6, 6.07) is 0. The molecule has 0 heterocycles. The number of rotatable bonds is 4. The van der Waals surface area contributed by atoms with Crippen LogP contribution in [0.1, 0.15) is 13.8 Å². The topological polar surface area (TPSA) is 17.1 Å². The van der Waals surface area contributed by atoms with Gasteiger partial charge in [-0.2, -0.15) is 0 Å². The van der Waals surface area contributed by atoms with E-state index in [-0.39, 0.29) is 11.0 Å². The van der Waals surface area contributed by atoms with E-state index in [1.807, 2.05) is 6.92 Å². The van der Waals surface area contributed by atoms with Crippen LogP contribution in [0, 0.1) is 0 Å². The zero-order chi connectivity index (χ0) is 7.28. The Hall–Kier alpha value is 0.310. The van der Waals surface area contributed by atoms with Crippen LogP contribution in [0.15, 0.2) is 0 Å². The number of halogens is 1. The van der Waals surface area contributed by atoms with Gasteiger partial charge >= 0.3 is 0 Å². The summed E-state index contributed by atoms with van der Waals surface area (Å²) in [5.74, 6) is 1.72. The molecule has 1 atom stereocenters. The first-order valence-corrected chi connectivity index (χ1v) is 4.45. The van der Waals surface area contributed by atoms with E-state index >= 15 is 0 Å². The van der Waals surface area contributed by atoms with Crippen molar-refractivity contribution in [3.8, 4) is 0 Å². The van der Waals surface area contributed by atoms with Gasteiger partial charge in [-0.25, -0.2) is 0 Å². The van der Waals surface area contributed by atoms with Gasteiger partial charge in [-0.1, -0.05) is 0 Å². The standard InChI is InChI=1S/C6H11ClOS/c1-5(8)6(2)9-4-3-7/h6H,3-4H2,1-2H3. The van der Waals surface area contributed by atoms with Gasteiger partial charge < -0.3 is 0 Å². The molecule has 0 aliphatic rings.